The van der Waals surface area contributed by atoms with Crippen LogP contribution in [0.5, 0.6) is 0 Å². The van der Waals surface area contributed by atoms with Crippen LogP contribution in [-0.2, 0) is 9.53 Å². The zero-order valence-electron chi connectivity index (χ0n) is 15.7. The van der Waals surface area contributed by atoms with Crippen molar-refractivity contribution in [1.82, 2.24) is 9.88 Å². The van der Waals surface area contributed by atoms with Gasteiger partial charge >= 0.3 is 5.97 Å². The van der Waals surface area contributed by atoms with Gasteiger partial charge in [-0.3, -0.25) is 9.59 Å². The normalized spacial score (nSPS) is 19.1. The second-order valence-electron chi connectivity index (χ2n) is 7.12. The maximum atomic E-state index is 12.9. The van der Waals surface area contributed by atoms with E-state index in [0.29, 0.717) is 38.1 Å². The van der Waals surface area contributed by atoms with Crippen molar-refractivity contribution >= 4 is 17.7 Å². The molecule has 0 bridgehead atoms. The topological polar surface area (TPSA) is 62.7 Å². The third-order valence-corrected chi connectivity index (χ3v) is 5.32. The highest BCUT2D eigenvalue weighted by molar-refractivity contribution is 5.95. The summed E-state index contributed by atoms with van der Waals surface area (Å²) in [5.74, 6) is 0.723. The molecule has 3 rings (SSSR count). The van der Waals surface area contributed by atoms with E-state index < -0.39 is 0 Å². The number of anilines is 1. The van der Waals surface area contributed by atoms with E-state index in [0.717, 1.165) is 18.9 Å². The summed E-state index contributed by atoms with van der Waals surface area (Å²) >= 11 is 0. The van der Waals surface area contributed by atoms with Crippen molar-refractivity contribution in [2.45, 2.75) is 45.4 Å². The Morgan fingerprint density at radius 2 is 1.81 bits per heavy atom. The number of carbonyl (C=O) groups excluding carboxylic acids is 2. The summed E-state index contributed by atoms with van der Waals surface area (Å²) in [6, 6.07) is 3.71. The molecule has 142 valence electrons. The molecule has 2 saturated heterocycles. The molecule has 6 heteroatoms. The van der Waals surface area contributed by atoms with Gasteiger partial charge in [0.25, 0.3) is 5.91 Å². The van der Waals surface area contributed by atoms with Gasteiger partial charge in [-0.2, -0.15) is 0 Å². The number of amides is 1. The highest BCUT2D eigenvalue weighted by atomic mass is 16.5. The van der Waals surface area contributed by atoms with Crippen LogP contribution in [0.2, 0.25) is 0 Å². The molecule has 0 aliphatic carbocycles. The number of likely N-dealkylation sites (tertiary alicyclic amines) is 1. The number of carbonyl (C=O) groups is 2. The van der Waals surface area contributed by atoms with Crippen molar-refractivity contribution < 1.29 is 14.3 Å². The fourth-order valence-electron chi connectivity index (χ4n) is 3.79. The summed E-state index contributed by atoms with van der Waals surface area (Å²) in [6.07, 6.45) is 7.99. The fourth-order valence-corrected chi connectivity index (χ4v) is 3.79. The van der Waals surface area contributed by atoms with Gasteiger partial charge in [0.1, 0.15) is 5.82 Å². The van der Waals surface area contributed by atoms with Gasteiger partial charge in [-0.15, -0.1) is 0 Å². The van der Waals surface area contributed by atoms with Gasteiger partial charge in [0.05, 0.1) is 12.5 Å². The number of hydrogen-bond acceptors (Lipinski definition) is 5. The molecule has 2 aliphatic rings. The quantitative estimate of drug-likeness (QED) is 0.774. The Labute approximate surface area is 155 Å². The second kappa shape index (κ2) is 9.01. The van der Waals surface area contributed by atoms with Crippen LogP contribution in [0.25, 0.3) is 0 Å². The Hall–Kier alpha value is -2.11. The van der Waals surface area contributed by atoms with Crippen LogP contribution in [0.4, 0.5) is 5.82 Å². The molecule has 0 saturated carbocycles. The lowest BCUT2D eigenvalue weighted by Crippen LogP contribution is -2.40. The first-order valence-corrected chi connectivity index (χ1v) is 9.86. The summed E-state index contributed by atoms with van der Waals surface area (Å²) in [5.41, 5.74) is 0.689. The first kappa shape index (κ1) is 18.7. The van der Waals surface area contributed by atoms with Crippen molar-refractivity contribution in [3.63, 3.8) is 0 Å². The molecule has 0 unspecified atom stereocenters. The van der Waals surface area contributed by atoms with E-state index in [-0.39, 0.29) is 17.8 Å². The van der Waals surface area contributed by atoms with Crippen LogP contribution in [0.15, 0.2) is 18.3 Å². The van der Waals surface area contributed by atoms with Gasteiger partial charge in [0.15, 0.2) is 0 Å². The van der Waals surface area contributed by atoms with Crippen LogP contribution < -0.4 is 4.90 Å². The number of esters is 1. The van der Waals surface area contributed by atoms with Gasteiger partial charge in [-0.1, -0.05) is 12.8 Å². The highest BCUT2D eigenvalue weighted by Gasteiger charge is 2.29. The Balaban J connectivity index is 1.61. The zero-order valence-corrected chi connectivity index (χ0v) is 15.7. The molecule has 2 aliphatic heterocycles. The van der Waals surface area contributed by atoms with Crippen molar-refractivity contribution in [2.24, 2.45) is 5.92 Å². The van der Waals surface area contributed by atoms with Crippen molar-refractivity contribution in [2.75, 3.05) is 37.7 Å². The monoisotopic (exact) mass is 359 g/mol. The molecule has 3 heterocycles. The van der Waals surface area contributed by atoms with Crippen molar-refractivity contribution in [3.05, 3.63) is 23.9 Å². The summed E-state index contributed by atoms with van der Waals surface area (Å²) in [7, 11) is 0. The average molecular weight is 359 g/mol. The summed E-state index contributed by atoms with van der Waals surface area (Å²) in [6.45, 7) is 5.45. The Bertz CT molecular complexity index is 618. The van der Waals surface area contributed by atoms with E-state index in [9.17, 15) is 9.59 Å². The van der Waals surface area contributed by atoms with E-state index in [1.807, 2.05) is 17.9 Å². The number of pyridine rings is 1. The van der Waals surface area contributed by atoms with Gasteiger partial charge in [0, 0.05) is 37.9 Å². The molecule has 0 spiro atoms. The Morgan fingerprint density at radius 3 is 2.46 bits per heavy atom. The van der Waals surface area contributed by atoms with Gasteiger partial charge in [-0.25, -0.2) is 4.98 Å². The molecule has 0 aromatic carbocycles. The van der Waals surface area contributed by atoms with E-state index >= 15 is 0 Å². The number of ether oxygens (including phenoxy) is 1. The summed E-state index contributed by atoms with van der Waals surface area (Å²) in [4.78, 5) is 33.3. The molecule has 26 heavy (non-hydrogen) atoms. The van der Waals surface area contributed by atoms with Crippen molar-refractivity contribution in [3.8, 4) is 0 Å². The average Bonchev–Trinajstić information content (AvgIpc) is 2.97. The predicted molar refractivity (Wildman–Crippen MR) is 100 cm³/mol. The Kier molecular flexibility index (Phi) is 6.47. The number of nitrogens with zero attached hydrogens (tertiary/aromatic N) is 3. The Morgan fingerprint density at radius 1 is 1.12 bits per heavy atom. The van der Waals surface area contributed by atoms with E-state index in [4.69, 9.17) is 4.74 Å². The van der Waals surface area contributed by atoms with E-state index in [2.05, 4.69) is 9.88 Å². The molecule has 0 atom stereocenters. The lowest BCUT2D eigenvalue weighted by molar-refractivity contribution is -0.149. The maximum Gasteiger partial charge on any atom is 0.309 e. The van der Waals surface area contributed by atoms with Crippen molar-refractivity contribution in [1.29, 1.82) is 0 Å². The summed E-state index contributed by atoms with van der Waals surface area (Å²) in [5, 5.41) is 0. The standard InChI is InChI=1S/C20H29N3O3/c1-2-26-20(25)16-8-13-23(14-9-16)19(24)17-7-10-21-18(15-17)22-11-5-3-4-6-12-22/h7,10,15-16H,2-6,8-9,11-14H2,1H3. The minimum absolute atomic E-state index is 0.0331. The third-order valence-electron chi connectivity index (χ3n) is 5.32. The number of aromatic nitrogens is 1. The fraction of sp³-hybridized carbons (Fsp3) is 0.650. The lowest BCUT2D eigenvalue weighted by Gasteiger charge is -2.31. The molecule has 2 fully saturated rings. The van der Waals surface area contributed by atoms with Crippen LogP contribution in [0, 0.1) is 5.92 Å². The largest absolute Gasteiger partial charge is 0.466 e. The van der Waals surface area contributed by atoms with Crippen LogP contribution in [-0.4, -0.2) is 54.5 Å². The van der Waals surface area contributed by atoms with Gasteiger partial charge < -0.3 is 14.5 Å². The molecule has 0 N–H and O–H groups in total. The lowest BCUT2D eigenvalue weighted by atomic mass is 9.96. The number of piperidine rings is 1. The molecule has 1 aromatic heterocycles. The number of rotatable bonds is 4. The first-order chi connectivity index (χ1) is 12.7. The van der Waals surface area contributed by atoms with Crippen LogP contribution >= 0.6 is 0 Å². The van der Waals surface area contributed by atoms with E-state index in [1.54, 1.807) is 12.3 Å². The predicted octanol–water partition coefficient (Wildman–Crippen LogP) is 2.88. The molecule has 1 amide bonds. The van der Waals surface area contributed by atoms with Gasteiger partial charge in [-0.05, 0) is 44.7 Å². The SMILES string of the molecule is CCOC(=O)C1CCN(C(=O)c2ccnc(N3CCCCCC3)c2)CC1. The highest BCUT2D eigenvalue weighted by Crippen LogP contribution is 2.22. The molecular weight excluding hydrogens is 330 g/mol. The molecule has 0 radical (unpaired) electrons. The zero-order chi connectivity index (χ0) is 18.4. The van der Waals surface area contributed by atoms with Crippen LogP contribution in [0.1, 0.15) is 55.8 Å². The minimum atomic E-state index is -0.132. The first-order valence-electron chi connectivity index (χ1n) is 9.86. The summed E-state index contributed by atoms with van der Waals surface area (Å²) < 4.78 is 5.10. The van der Waals surface area contributed by atoms with E-state index in [1.165, 1.54) is 25.7 Å². The van der Waals surface area contributed by atoms with Gasteiger partial charge in [0.2, 0.25) is 0 Å². The second-order valence-corrected chi connectivity index (χ2v) is 7.12. The number of hydrogen-bond donors (Lipinski definition) is 0. The minimum Gasteiger partial charge on any atom is -0.466 e. The van der Waals surface area contributed by atoms with Crippen LogP contribution in [0.3, 0.4) is 0 Å². The third kappa shape index (κ3) is 4.54. The molecule has 1 aromatic rings. The molecule has 6 nitrogen and oxygen atoms in total. The smallest absolute Gasteiger partial charge is 0.309 e. The molecular formula is C20H29N3O3. The maximum absolute atomic E-state index is 12.9.